The second-order valence-electron chi connectivity index (χ2n) is 4.67. The number of pyridine rings is 1. The van der Waals surface area contributed by atoms with Crippen LogP contribution in [-0.2, 0) is 6.54 Å². The summed E-state index contributed by atoms with van der Waals surface area (Å²) < 4.78 is 0. The van der Waals surface area contributed by atoms with E-state index in [4.69, 9.17) is 5.84 Å². The van der Waals surface area contributed by atoms with E-state index >= 15 is 0 Å². The van der Waals surface area contributed by atoms with Gasteiger partial charge in [-0.2, -0.15) is 0 Å². The van der Waals surface area contributed by atoms with E-state index in [1.54, 1.807) is 6.20 Å². The minimum Gasteiger partial charge on any atom is -0.308 e. The molecule has 0 atom stereocenters. The summed E-state index contributed by atoms with van der Waals surface area (Å²) in [5.74, 6) is 7.04. The molecule has 0 saturated carbocycles. The third-order valence-electron chi connectivity index (χ3n) is 3.54. The van der Waals surface area contributed by atoms with Crippen LogP contribution in [0.5, 0.6) is 0 Å². The fraction of sp³-hybridized carbons (Fsp3) is 0.643. The van der Waals surface area contributed by atoms with Gasteiger partial charge in [0.1, 0.15) is 5.82 Å². The van der Waals surface area contributed by atoms with Gasteiger partial charge in [0.05, 0.1) is 0 Å². The number of rotatable bonds is 8. The molecule has 1 aromatic heterocycles. The number of hydrogen-bond acceptors (Lipinski definition) is 4. The number of nitrogens with one attached hydrogen (secondary N) is 1. The minimum atomic E-state index is 0.774. The minimum absolute atomic E-state index is 0.774. The Hall–Kier alpha value is -1.13. The topological polar surface area (TPSA) is 54.2 Å². The smallest absolute Gasteiger partial charge is 0.144 e. The molecular weight excluding hydrogens is 224 g/mol. The van der Waals surface area contributed by atoms with Crippen molar-refractivity contribution >= 4 is 5.82 Å². The molecule has 0 aliphatic heterocycles. The van der Waals surface area contributed by atoms with Crippen LogP contribution in [0.2, 0.25) is 0 Å². The standard InChI is InChI=1S/C14H26N4/c1-4-12(5-2)10-18(6-3)11-13-8-7-9-16-14(13)17-15/h7-9,12H,4-6,10-11,15H2,1-3H3,(H,16,17). The molecule has 1 heterocycles. The monoisotopic (exact) mass is 250 g/mol. The van der Waals surface area contributed by atoms with Gasteiger partial charge >= 0.3 is 0 Å². The van der Waals surface area contributed by atoms with Gasteiger partial charge in [-0.05, 0) is 18.5 Å². The quantitative estimate of drug-likeness (QED) is 0.550. The summed E-state index contributed by atoms with van der Waals surface area (Å²) >= 11 is 0. The largest absolute Gasteiger partial charge is 0.308 e. The summed E-state index contributed by atoms with van der Waals surface area (Å²) in [6, 6.07) is 4.04. The lowest BCUT2D eigenvalue weighted by molar-refractivity contribution is 0.226. The van der Waals surface area contributed by atoms with E-state index in [1.807, 2.05) is 6.07 Å². The molecule has 18 heavy (non-hydrogen) atoms. The van der Waals surface area contributed by atoms with E-state index in [0.29, 0.717) is 0 Å². The number of nitrogen functional groups attached to an aromatic ring is 1. The first-order chi connectivity index (χ1) is 8.74. The third-order valence-corrected chi connectivity index (χ3v) is 3.54. The zero-order valence-corrected chi connectivity index (χ0v) is 11.8. The van der Waals surface area contributed by atoms with Crippen molar-refractivity contribution in [3.8, 4) is 0 Å². The number of aromatic nitrogens is 1. The Morgan fingerprint density at radius 2 is 2.06 bits per heavy atom. The Morgan fingerprint density at radius 1 is 1.33 bits per heavy atom. The van der Waals surface area contributed by atoms with Crippen LogP contribution >= 0.6 is 0 Å². The molecule has 0 fully saturated rings. The number of hydrazine groups is 1. The fourth-order valence-corrected chi connectivity index (χ4v) is 2.15. The van der Waals surface area contributed by atoms with Crippen molar-refractivity contribution in [3.05, 3.63) is 23.9 Å². The Kier molecular flexibility index (Phi) is 6.68. The zero-order chi connectivity index (χ0) is 13.4. The molecule has 0 unspecified atom stereocenters. The van der Waals surface area contributed by atoms with Crippen molar-refractivity contribution in [2.24, 2.45) is 11.8 Å². The highest BCUT2D eigenvalue weighted by molar-refractivity contribution is 5.42. The van der Waals surface area contributed by atoms with Crippen LogP contribution in [-0.4, -0.2) is 23.0 Å². The van der Waals surface area contributed by atoms with Crippen LogP contribution in [0.3, 0.4) is 0 Å². The van der Waals surface area contributed by atoms with E-state index in [-0.39, 0.29) is 0 Å². The van der Waals surface area contributed by atoms with Gasteiger partial charge in [-0.1, -0.05) is 39.7 Å². The molecule has 0 aliphatic rings. The normalized spacial score (nSPS) is 11.2. The number of hydrogen-bond donors (Lipinski definition) is 2. The van der Waals surface area contributed by atoms with Crippen LogP contribution in [0.15, 0.2) is 18.3 Å². The summed E-state index contributed by atoms with van der Waals surface area (Å²) in [6.07, 6.45) is 4.24. The number of nitrogens with two attached hydrogens (primary N) is 1. The Labute approximate surface area is 111 Å². The first kappa shape index (κ1) is 14.9. The maximum absolute atomic E-state index is 5.49. The number of anilines is 1. The average molecular weight is 250 g/mol. The molecule has 0 spiro atoms. The lowest BCUT2D eigenvalue weighted by Gasteiger charge is -2.25. The molecule has 4 heteroatoms. The van der Waals surface area contributed by atoms with Gasteiger partial charge in [0, 0.05) is 24.8 Å². The molecule has 102 valence electrons. The molecule has 1 aromatic rings. The number of nitrogens with zero attached hydrogens (tertiary/aromatic N) is 2. The third kappa shape index (κ3) is 4.27. The maximum atomic E-state index is 5.49. The summed E-state index contributed by atoms with van der Waals surface area (Å²) in [4.78, 5) is 6.70. The van der Waals surface area contributed by atoms with E-state index in [9.17, 15) is 0 Å². The highest BCUT2D eigenvalue weighted by atomic mass is 15.3. The van der Waals surface area contributed by atoms with E-state index in [0.717, 1.165) is 36.9 Å². The van der Waals surface area contributed by atoms with Crippen LogP contribution in [0, 0.1) is 5.92 Å². The highest BCUT2D eigenvalue weighted by Crippen LogP contribution is 2.16. The molecule has 4 nitrogen and oxygen atoms in total. The zero-order valence-electron chi connectivity index (χ0n) is 11.8. The molecule has 0 amide bonds. The van der Waals surface area contributed by atoms with Crippen molar-refractivity contribution in [2.45, 2.75) is 40.2 Å². The summed E-state index contributed by atoms with van der Waals surface area (Å²) in [6.45, 7) is 9.82. The molecule has 3 N–H and O–H groups in total. The van der Waals surface area contributed by atoms with Gasteiger partial charge in [-0.3, -0.25) is 4.90 Å². The van der Waals surface area contributed by atoms with Gasteiger partial charge < -0.3 is 5.43 Å². The van der Waals surface area contributed by atoms with E-state index in [2.05, 4.69) is 42.1 Å². The first-order valence-electron chi connectivity index (χ1n) is 6.87. The predicted octanol–water partition coefficient (Wildman–Crippen LogP) is 2.63. The van der Waals surface area contributed by atoms with Crippen LogP contribution in [0.25, 0.3) is 0 Å². The van der Waals surface area contributed by atoms with Crippen molar-refractivity contribution in [1.29, 1.82) is 0 Å². The lowest BCUT2D eigenvalue weighted by Crippen LogP contribution is -2.29. The Bertz CT molecular complexity index is 336. The van der Waals surface area contributed by atoms with Gasteiger partial charge in [0.25, 0.3) is 0 Å². The van der Waals surface area contributed by atoms with Crippen molar-refractivity contribution in [3.63, 3.8) is 0 Å². The predicted molar refractivity (Wildman–Crippen MR) is 77.1 cm³/mol. The highest BCUT2D eigenvalue weighted by Gasteiger charge is 2.12. The second-order valence-corrected chi connectivity index (χ2v) is 4.67. The molecular formula is C14H26N4. The van der Waals surface area contributed by atoms with Gasteiger partial charge in [-0.15, -0.1) is 0 Å². The van der Waals surface area contributed by atoms with Crippen molar-refractivity contribution in [2.75, 3.05) is 18.5 Å². The van der Waals surface area contributed by atoms with Crippen LogP contribution in [0.1, 0.15) is 39.2 Å². The lowest BCUT2D eigenvalue weighted by atomic mass is 10.0. The van der Waals surface area contributed by atoms with E-state index < -0.39 is 0 Å². The molecule has 0 radical (unpaired) electrons. The average Bonchev–Trinajstić information content (AvgIpc) is 2.43. The van der Waals surface area contributed by atoms with Crippen LogP contribution in [0.4, 0.5) is 5.82 Å². The SMILES string of the molecule is CCC(CC)CN(CC)Cc1cccnc1NN. The van der Waals surface area contributed by atoms with Gasteiger partial charge in [0.2, 0.25) is 0 Å². The molecule has 0 aliphatic carbocycles. The Balaban J connectivity index is 2.67. The van der Waals surface area contributed by atoms with Gasteiger partial charge in [-0.25, -0.2) is 10.8 Å². The summed E-state index contributed by atoms with van der Waals surface area (Å²) in [5.41, 5.74) is 3.83. The molecule has 1 rings (SSSR count). The summed E-state index contributed by atoms with van der Waals surface area (Å²) in [5, 5.41) is 0. The van der Waals surface area contributed by atoms with Crippen molar-refractivity contribution < 1.29 is 0 Å². The first-order valence-corrected chi connectivity index (χ1v) is 6.87. The Morgan fingerprint density at radius 3 is 2.61 bits per heavy atom. The van der Waals surface area contributed by atoms with Crippen molar-refractivity contribution in [1.82, 2.24) is 9.88 Å². The fourth-order valence-electron chi connectivity index (χ4n) is 2.15. The summed E-state index contributed by atoms with van der Waals surface area (Å²) in [7, 11) is 0. The maximum Gasteiger partial charge on any atom is 0.144 e. The van der Waals surface area contributed by atoms with Crippen LogP contribution < -0.4 is 11.3 Å². The molecule has 0 saturated heterocycles. The molecule has 0 aromatic carbocycles. The van der Waals surface area contributed by atoms with E-state index in [1.165, 1.54) is 12.8 Å². The second kappa shape index (κ2) is 8.06. The van der Waals surface area contributed by atoms with Gasteiger partial charge in [0.15, 0.2) is 0 Å². The molecule has 0 bridgehead atoms.